The highest BCUT2D eigenvalue weighted by Gasteiger charge is 2.48. The van der Waals surface area contributed by atoms with E-state index in [2.05, 4.69) is 24.0 Å². The van der Waals surface area contributed by atoms with Crippen LogP contribution in [-0.4, -0.2) is 40.2 Å². The van der Waals surface area contributed by atoms with Gasteiger partial charge in [0.2, 0.25) is 5.13 Å². The minimum Gasteiger partial charge on any atom is -0.507 e. The monoisotopic (exact) mass is 629 g/mol. The van der Waals surface area contributed by atoms with Crippen LogP contribution in [0.5, 0.6) is 11.5 Å². The topological polar surface area (TPSA) is 102 Å². The summed E-state index contributed by atoms with van der Waals surface area (Å²) in [6.07, 6.45) is 1.75. The van der Waals surface area contributed by atoms with Crippen LogP contribution < -0.4 is 14.4 Å². The maximum absolute atomic E-state index is 13.6. The number of thioether (sulfide) groups is 1. The van der Waals surface area contributed by atoms with E-state index in [0.717, 1.165) is 18.4 Å². The second-order valence-corrected chi connectivity index (χ2v) is 12.9. The number of hydrogen-bond donors (Lipinski definition) is 1. The number of hydrogen-bond acceptors (Lipinski definition) is 9. The summed E-state index contributed by atoms with van der Waals surface area (Å²) in [5, 5.41) is 20.4. The molecule has 0 spiro atoms. The summed E-state index contributed by atoms with van der Waals surface area (Å²) in [6, 6.07) is 23.2. The number of carbonyl (C=O) groups excluding carboxylic acids is 2. The fraction of sp³-hybridized carbons (Fsp3) is 0.294. The highest BCUT2D eigenvalue weighted by atomic mass is 32.2. The lowest BCUT2D eigenvalue weighted by molar-refractivity contribution is -0.132. The molecule has 2 heterocycles. The molecule has 0 saturated carbocycles. The number of amides is 1. The van der Waals surface area contributed by atoms with Crippen molar-refractivity contribution in [3.8, 4) is 11.5 Å². The minimum absolute atomic E-state index is 0.0229. The van der Waals surface area contributed by atoms with Crippen molar-refractivity contribution in [1.82, 2.24) is 10.2 Å². The number of aliphatic hydroxyl groups excluding tert-OH is 1. The Morgan fingerprint density at radius 1 is 0.955 bits per heavy atom. The molecule has 1 aliphatic rings. The Labute approximate surface area is 265 Å². The highest BCUT2D eigenvalue weighted by molar-refractivity contribution is 8.00. The Bertz CT molecular complexity index is 1620. The predicted molar refractivity (Wildman–Crippen MR) is 174 cm³/mol. The molecular weight excluding hydrogens is 595 g/mol. The van der Waals surface area contributed by atoms with Crippen LogP contribution in [0.3, 0.4) is 0 Å². The van der Waals surface area contributed by atoms with E-state index in [9.17, 15) is 14.7 Å². The van der Waals surface area contributed by atoms with Crippen LogP contribution in [0.1, 0.15) is 56.3 Å². The fourth-order valence-corrected chi connectivity index (χ4v) is 6.52. The number of carbonyl (C=O) groups is 2. The van der Waals surface area contributed by atoms with Crippen molar-refractivity contribution in [2.75, 3.05) is 18.1 Å². The zero-order chi connectivity index (χ0) is 31.1. The Balaban J connectivity index is 1.51. The highest BCUT2D eigenvalue weighted by Crippen LogP contribution is 2.44. The summed E-state index contributed by atoms with van der Waals surface area (Å²) in [5.41, 5.74) is 2.13. The van der Waals surface area contributed by atoms with Gasteiger partial charge < -0.3 is 14.6 Å². The van der Waals surface area contributed by atoms with Gasteiger partial charge in [0.15, 0.2) is 4.34 Å². The van der Waals surface area contributed by atoms with E-state index in [1.165, 1.54) is 28.0 Å². The predicted octanol–water partition coefficient (Wildman–Crippen LogP) is 7.67. The summed E-state index contributed by atoms with van der Waals surface area (Å²) in [5.74, 6) is 0.594. The standard InChI is InChI=1S/C34H35N3O5S2/c1-4-18-41-26-15-13-24(14-16-26)30(38)28-29(25-11-8-12-27(20-25)42-19-17-22(2)3)37(32(40)31(28)39)33-35-36-34(44-33)43-21-23-9-6-5-7-10-23/h5-16,20,22,29,38H,4,17-19,21H2,1-3H3. The van der Waals surface area contributed by atoms with Crippen molar-refractivity contribution < 1.29 is 24.2 Å². The molecule has 1 aromatic heterocycles. The number of nitrogens with zero attached hydrogens (tertiary/aromatic N) is 3. The van der Waals surface area contributed by atoms with Crippen molar-refractivity contribution in [2.45, 2.75) is 49.7 Å². The van der Waals surface area contributed by atoms with E-state index in [-0.39, 0.29) is 16.5 Å². The second-order valence-electron chi connectivity index (χ2n) is 10.8. The summed E-state index contributed by atoms with van der Waals surface area (Å²) >= 11 is 2.74. The van der Waals surface area contributed by atoms with Crippen LogP contribution >= 0.6 is 23.1 Å². The molecule has 1 aliphatic heterocycles. The third-order valence-corrected chi connectivity index (χ3v) is 9.12. The van der Waals surface area contributed by atoms with Crippen molar-refractivity contribution in [1.29, 1.82) is 0 Å². The lowest BCUT2D eigenvalue weighted by Gasteiger charge is -2.23. The quantitative estimate of drug-likeness (QED) is 0.0529. The molecular formula is C34H35N3O5S2. The summed E-state index contributed by atoms with van der Waals surface area (Å²) < 4.78 is 12.3. The number of Topliss-reactive ketones (excluding diaryl/α,β-unsaturated/α-hetero) is 1. The van der Waals surface area contributed by atoms with Gasteiger partial charge in [-0.3, -0.25) is 14.5 Å². The number of rotatable bonds is 13. The fourth-order valence-electron chi connectivity index (χ4n) is 4.69. The molecule has 8 nitrogen and oxygen atoms in total. The van der Waals surface area contributed by atoms with Crippen LogP contribution in [-0.2, 0) is 15.3 Å². The molecule has 1 fully saturated rings. The van der Waals surface area contributed by atoms with E-state index >= 15 is 0 Å². The molecule has 1 amide bonds. The van der Waals surface area contributed by atoms with Gasteiger partial charge in [-0.2, -0.15) is 0 Å². The first-order chi connectivity index (χ1) is 21.4. The average Bonchev–Trinajstić information content (AvgIpc) is 3.61. The molecule has 1 saturated heterocycles. The van der Waals surface area contributed by atoms with Gasteiger partial charge in [-0.05, 0) is 66.3 Å². The van der Waals surface area contributed by atoms with Crippen molar-refractivity contribution in [2.24, 2.45) is 5.92 Å². The van der Waals surface area contributed by atoms with Crippen molar-refractivity contribution >= 4 is 45.7 Å². The van der Waals surface area contributed by atoms with Crippen molar-refractivity contribution in [3.63, 3.8) is 0 Å². The van der Waals surface area contributed by atoms with Gasteiger partial charge in [-0.1, -0.05) is 86.3 Å². The van der Waals surface area contributed by atoms with Crippen LogP contribution in [0.25, 0.3) is 5.76 Å². The largest absolute Gasteiger partial charge is 0.507 e. The number of aliphatic hydroxyl groups is 1. The van der Waals surface area contributed by atoms with Crippen LogP contribution in [0, 0.1) is 5.92 Å². The van der Waals surface area contributed by atoms with Gasteiger partial charge in [0.1, 0.15) is 17.3 Å². The smallest absolute Gasteiger partial charge is 0.301 e. The molecule has 5 rings (SSSR count). The lowest BCUT2D eigenvalue weighted by atomic mass is 9.95. The number of ether oxygens (including phenoxy) is 2. The van der Waals surface area contributed by atoms with E-state index in [0.29, 0.717) is 51.9 Å². The average molecular weight is 630 g/mol. The van der Waals surface area contributed by atoms with E-state index < -0.39 is 17.7 Å². The molecule has 228 valence electrons. The van der Waals surface area contributed by atoms with Crippen LogP contribution in [0.15, 0.2) is 88.8 Å². The molecule has 10 heteroatoms. The summed E-state index contributed by atoms with van der Waals surface area (Å²) in [7, 11) is 0. The number of aromatic nitrogens is 2. The third-order valence-electron chi connectivity index (χ3n) is 6.99. The molecule has 1 atom stereocenters. The van der Waals surface area contributed by atoms with Gasteiger partial charge in [-0.25, -0.2) is 0 Å². The zero-order valence-corrected chi connectivity index (χ0v) is 26.6. The van der Waals surface area contributed by atoms with E-state index in [1.807, 2.05) is 61.5 Å². The van der Waals surface area contributed by atoms with Gasteiger partial charge in [0.05, 0.1) is 24.8 Å². The zero-order valence-electron chi connectivity index (χ0n) is 24.9. The van der Waals surface area contributed by atoms with Gasteiger partial charge in [-0.15, -0.1) is 10.2 Å². The Morgan fingerprint density at radius 2 is 1.70 bits per heavy atom. The maximum atomic E-state index is 13.6. The molecule has 0 radical (unpaired) electrons. The van der Waals surface area contributed by atoms with Gasteiger partial charge >= 0.3 is 5.91 Å². The Hall–Kier alpha value is -4.15. The molecule has 0 bridgehead atoms. The second kappa shape index (κ2) is 14.5. The van der Waals surface area contributed by atoms with E-state index in [1.54, 1.807) is 24.3 Å². The van der Waals surface area contributed by atoms with Crippen LogP contribution in [0.2, 0.25) is 0 Å². The summed E-state index contributed by atoms with van der Waals surface area (Å²) in [6.45, 7) is 7.38. The summed E-state index contributed by atoms with van der Waals surface area (Å²) in [4.78, 5) is 28.6. The third kappa shape index (κ3) is 7.31. The minimum atomic E-state index is -0.931. The Morgan fingerprint density at radius 3 is 2.43 bits per heavy atom. The first-order valence-corrected chi connectivity index (χ1v) is 16.4. The van der Waals surface area contributed by atoms with Crippen molar-refractivity contribution in [3.05, 3.63) is 101 Å². The number of anilines is 1. The lowest BCUT2D eigenvalue weighted by Crippen LogP contribution is -2.29. The molecule has 3 aromatic carbocycles. The maximum Gasteiger partial charge on any atom is 0.301 e. The number of benzene rings is 3. The Kier molecular flexibility index (Phi) is 10.3. The SMILES string of the molecule is CCCOc1ccc(C(O)=C2C(=O)C(=O)N(c3nnc(SCc4ccccc4)s3)C2c2cccc(OCCC(C)C)c2)cc1. The molecule has 0 aliphatic carbocycles. The molecule has 1 unspecified atom stereocenters. The molecule has 44 heavy (non-hydrogen) atoms. The molecule has 4 aromatic rings. The van der Waals surface area contributed by atoms with E-state index in [4.69, 9.17) is 9.47 Å². The van der Waals surface area contributed by atoms with Gasteiger partial charge in [0, 0.05) is 11.3 Å². The number of ketones is 1. The van der Waals surface area contributed by atoms with Gasteiger partial charge in [0.25, 0.3) is 5.78 Å². The normalized spacial score (nSPS) is 16.1. The first kappa shape index (κ1) is 31.3. The molecule has 1 N–H and O–H groups in total. The first-order valence-electron chi connectivity index (χ1n) is 14.6. The van der Waals surface area contributed by atoms with Crippen LogP contribution in [0.4, 0.5) is 5.13 Å².